The van der Waals surface area contributed by atoms with Crippen LogP contribution >= 0.6 is 11.8 Å². The van der Waals surface area contributed by atoms with Gasteiger partial charge in [-0.3, -0.25) is 19.1 Å². The summed E-state index contributed by atoms with van der Waals surface area (Å²) in [6, 6.07) is 16.8. The van der Waals surface area contributed by atoms with Gasteiger partial charge >= 0.3 is 5.69 Å². The smallest absolute Gasteiger partial charge is 0.330 e. The van der Waals surface area contributed by atoms with Crippen molar-refractivity contribution in [3.8, 4) is 0 Å². The van der Waals surface area contributed by atoms with Crippen molar-refractivity contribution < 1.29 is 9.53 Å². The number of methoxy groups -OCH3 is 1. The lowest BCUT2D eigenvalue weighted by molar-refractivity contribution is -0.116. The topological polar surface area (TPSA) is 139 Å². The number of nitrogens with zero attached hydrogens (tertiary/aromatic N) is 3. The third kappa shape index (κ3) is 5.64. The molecule has 4 aromatic rings. The number of H-pyrrole nitrogens is 2. The summed E-state index contributed by atoms with van der Waals surface area (Å²) in [7, 11) is 1.56. The van der Waals surface area contributed by atoms with E-state index < -0.39 is 11.2 Å². The fourth-order valence-corrected chi connectivity index (χ4v) is 4.46. The number of amides is 1. The highest BCUT2D eigenvalue weighted by Crippen LogP contribution is 2.23. The van der Waals surface area contributed by atoms with Crippen LogP contribution in [0.2, 0.25) is 0 Å². The van der Waals surface area contributed by atoms with Crippen LogP contribution in [-0.4, -0.2) is 51.4 Å². The number of nitrogens with one attached hydrogen (secondary N) is 2. The van der Waals surface area contributed by atoms with Crippen LogP contribution in [0.5, 0.6) is 0 Å². The van der Waals surface area contributed by atoms with E-state index >= 15 is 0 Å². The van der Waals surface area contributed by atoms with Crippen LogP contribution in [-0.2, 0) is 16.1 Å². The maximum atomic E-state index is 13.3. The number of hydrogen-bond donors (Lipinski definition) is 3. The van der Waals surface area contributed by atoms with Crippen LogP contribution in [0.15, 0.2) is 69.3 Å². The van der Waals surface area contributed by atoms with E-state index in [1.165, 1.54) is 21.2 Å². The van der Waals surface area contributed by atoms with Crippen molar-refractivity contribution in [3.63, 3.8) is 0 Å². The number of carbonyl (C=O) groups excluding carboxylic acids is 1. The molecule has 11 heteroatoms. The summed E-state index contributed by atoms with van der Waals surface area (Å²) in [4.78, 5) is 50.0. The summed E-state index contributed by atoms with van der Waals surface area (Å²) in [5.74, 6) is -0.389. The van der Waals surface area contributed by atoms with E-state index in [0.29, 0.717) is 18.2 Å². The van der Waals surface area contributed by atoms with Gasteiger partial charge in [-0.05, 0) is 24.1 Å². The van der Waals surface area contributed by atoms with E-state index in [9.17, 15) is 14.4 Å². The maximum absolute atomic E-state index is 13.3. The summed E-state index contributed by atoms with van der Waals surface area (Å²) < 4.78 is 6.38. The summed E-state index contributed by atoms with van der Waals surface area (Å²) in [6.45, 7) is 0.745. The minimum absolute atomic E-state index is 0.0174. The number of rotatable bonds is 10. The van der Waals surface area contributed by atoms with Gasteiger partial charge in [0.1, 0.15) is 5.82 Å². The second-order valence-electron chi connectivity index (χ2n) is 7.80. The van der Waals surface area contributed by atoms with Gasteiger partial charge < -0.3 is 20.4 Å². The highest BCUT2D eigenvalue weighted by Gasteiger charge is 2.24. The molecule has 2 aromatic carbocycles. The third-order valence-electron chi connectivity index (χ3n) is 5.40. The molecule has 0 atom stereocenters. The van der Waals surface area contributed by atoms with Gasteiger partial charge in [-0.15, -0.1) is 0 Å². The molecule has 2 heterocycles. The van der Waals surface area contributed by atoms with E-state index in [1.807, 2.05) is 54.6 Å². The number of hydrogen-bond acceptors (Lipinski definition) is 7. The van der Waals surface area contributed by atoms with Crippen molar-refractivity contribution >= 4 is 40.2 Å². The van der Waals surface area contributed by atoms with Crippen molar-refractivity contribution in [3.05, 3.63) is 81.0 Å². The summed E-state index contributed by atoms with van der Waals surface area (Å²) >= 11 is 1.23. The SMILES string of the molecule is COCCCN(C(=O)CSc1nc2ccccc2[nH]1)c1c(N)n(Cc2ccccc2)c(=O)[nH]c1=O. The first-order valence-corrected chi connectivity index (χ1v) is 12.0. The second kappa shape index (κ2) is 11.1. The number of aromatic nitrogens is 4. The largest absolute Gasteiger partial charge is 0.385 e. The minimum atomic E-state index is -0.712. The minimum Gasteiger partial charge on any atom is -0.385 e. The van der Waals surface area contributed by atoms with Gasteiger partial charge in [0, 0.05) is 20.3 Å². The molecule has 4 rings (SSSR count). The van der Waals surface area contributed by atoms with Crippen molar-refractivity contribution in [2.75, 3.05) is 36.6 Å². The normalized spacial score (nSPS) is 11.1. The molecule has 35 heavy (non-hydrogen) atoms. The Hall–Kier alpha value is -3.83. The third-order valence-corrected chi connectivity index (χ3v) is 6.26. The zero-order valence-electron chi connectivity index (χ0n) is 19.2. The number of nitrogen functional groups attached to an aromatic ring is 1. The Balaban J connectivity index is 1.63. The Morgan fingerprint density at radius 1 is 1.11 bits per heavy atom. The summed E-state index contributed by atoms with van der Waals surface area (Å²) in [5.41, 5.74) is 7.43. The first-order chi connectivity index (χ1) is 17.0. The molecular weight excluding hydrogens is 468 g/mol. The van der Waals surface area contributed by atoms with Gasteiger partial charge in [-0.1, -0.05) is 54.2 Å². The van der Waals surface area contributed by atoms with Gasteiger partial charge in [0.25, 0.3) is 5.56 Å². The standard InChI is InChI=1S/C24H26N6O4S/c1-34-13-7-12-29(19(31)15-35-23-26-17-10-5-6-11-18(17)27-23)20-21(25)30(24(33)28-22(20)32)14-16-8-3-2-4-9-16/h2-6,8-11H,7,12-15,25H2,1H3,(H,26,27)(H,28,32,33). The second-order valence-corrected chi connectivity index (χ2v) is 8.77. The molecule has 182 valence electrons. The molecule has 0 aliphatic carbocycles. The fraction of sp³-hybridized carbons (Fsp3) is 0.250. The first-order valence-electron chi connectivity index (χ1n) is 11.0. The molecule has 0 radical (unpaired) electrons. The van der Waals surface area contributed by atoms with Crippen LogP contribution in [0.1, 0.15) is 12.0 Å². The van der Waals surface area contributed by atoms with Crippen molar-refractivity contribution in [1.82, 2.24) is 19.5 Å². The number of imidazole rings is 1. The highest BCUT2D eigenvalue weighted by molar-refractivity contribution is 7.99. The van der Waals surface area contributed by atoms with Crippen LogP contribution in [0.3, 0.4) is 0 Å². The lowest BCUT2D eigenvalue weighted by atomic mass is 10.2. The Morgan fingerprint density at radius 3 is 2.60 bits per heavy atom. The molecule has 10 nitrogen and oxygen atoms in total. The average molecular weight is 495 g/mol. The number of ether oxygens (including phenoxy) is 1. The molecule has 2 aromatic heterocycles. The molecule has 4 N–H and O–H groups in total. The van der Waals surface area contributed by atoms with Gasteiger partial charge in [-0.2, -0.15) is 0 Å². The molecule has 1 amide bonds. The van der Waals surface area contributed by atoms with Crippen LogP contribution in [0, 0.1) is 0 Å². The summed E-state index contributed by atoms with van der Waals surface area (Å²) in [5, 5.41) is 0.590. The Labute approximate surface area is 205 Å². The van der Waals surface area contributed by atoms with E-state index in [2.05, 4.69) is 15.0 Å². The molecule has 0 unspecified atom stereocenters. The highest BCUT2D eigenvalue weighted by atomic mass is 32.2. The Bertz CT molecular complexity index is 1400. The number of thioether (sulfide) groups is 1. The van der Waals surface area contributed by atoms with Crippen molar-refractivity contribution in [1.29, 1.82) is 0 Å². The molecule has 0 spiro atoms. The van der Waals surface area contributed by atoms with E-state index in [-0.39, 0.29) is 36.3 Å². The van der Waals surface area contributed by atoms with Gasteiger partial charge in [-0.25, -0.2) is 9.78 Å². The van der Waals surface area contributed by atoms with Crippen molar-refractivity contribution in [2.45, 2.75) is 18.1 Å². The van der Waals surface area contributed by atoms with Gasteiger partial charge in [0.15, 0.2) is 10.8 Å². The average Bonchev–Trinajstić information content (AvgIpc) is 3.28. The lowest BCUT2D eigenvalue weighted by Crippen LogP contribution is -2.42. The van der Waals surface area contributed by atoms with Crippen LogP contribution < -0.4 is 21.9 Å². The van der Waals surface area contributed by atoms with Crippen LogP contribution in [0.25, 0.3) is 11.0 Å². The molecular formula is C24H26N6O4S. The molecule has 0 aliphatic heterocycles. The number of aromatic amines is 2. The molecule has 0 fully saturated rings. The van der Waals surface area contributed by atoms with Crippen LogP contribution in [0.4, 0.5) is 11.5 Å². The number of benzene rings is 2. The van der Waals surface area contributed by atoms with E-state index in [0.717, 1.165) is 16.6 Å². The quantitative estimate of drug-likeness (QED) is 0.227. The maximum Gasteiger partial charge on any atom is 0.330 e. The molecule has 0 saturated carbocycles. The van der Waals surface area contributed by atoms with E-state index in [1.54, 1.807) is 7.11 Å². The molecule has 0 saturated heterocycles. The molecule has 0 aliphatic rings. The monoisotopic (exact) mass is 494 g/mol. The number of fused-ring (bicyclic) bond motifs is 1. The zero-order valence-corrected chi connectivity index (χ0v) is 20.0. The molecule has 0 bridgehead atoms. The Morgan fingerprint density at radius 2 is 1.86 bits per heavy atom. The number of para-hydroxylation sites is 2. The zero-order chi connectivity index (χ0) is 24.8. The number of nitrogens with two attached hydrogens (primary N) is 1. The predicted octanol–water partition coefficient (Wildman–Crippen LogP) is 2.21. The van der Waals surface area contributed by atoms with Gasteiger partial charge in [0.2, 0.25) is 5.91 Å². The fourth-order valence-electron chi connectivity index (χ4n) is 3.70. The number of carbonyl (C=O) groups is 1. The predicted molar refractivity (Wildman–Crippen MR) is 137 cm³/mol. The first kappa shape index (κ1) is 24.3. The number of anilines is 2. The summed E-state index contributed by atoms with van der Waals surface area (Å²) in [6.07, 6.45) is 0.480. The Kier molecular flexibility index (Phi) is 7.68. The van der Waals surface area contributed by atoms with Gasteiger partial charge in [0.05, 0.1) is 23.3 Å². The van der Waals surface area contributed by atoms with Crippen molar-refractivity contribution in [2.24, 2.45) is 0 Å². The lowest BCUT2D eigenvalue weighted by Gasteiger charge is -2.24. The van der Waals surface area contributed by atoms with E-state index in [4.69, 9.17) is 10.5 Å².